The molecule has 0 fully saturated rings. The quantitative estimate of drug-likeness (QED) is 0.756. The Bertz CT molecular complexity index is 516. The molecule has 0 unspecified atom stereocenters. The summed E-state index contributed by atoms with van der Waals surface area (Å²) >= 11 is 6.42. The first-order chi connectivity index (χ1) is 6.68. The molecule has 0 aromatic carbocycles. The van der Waals surface area contributed by atoms with Gasteiger partial charge in [0.15, 0.2) is 10.6 Å². The van der Waals surface area contributed by atoms with E-state index in [-0.39, 0.29) is 5.82 Å². The molecule has 0 saturated carbocycles. The third kappa shape index (κ3) is 1.60. The van der Waals surface area contributed by atoms with Crippen LogP contribution in [0.25, 0.3) is 11.3 Å². The molecule has 0 aliphatic rings. The highest BCUT2D eigenvalue weighted by atomic mass is 32.1. The van der Waals surface area contributed by atoms with Crippen molar-refractivity contribution < 1.29 is 4.39 Å². The van der Waals surface area contributed by atoms with Crippen LogP contribution in [0, 0.1) is 17.5 Å². The molecule has 14 heavy (non-hydrogen) atoms. The third-order valence-corrected chi connectivity index (χ3v) is 2.95. The summed E-state index contributed by atoms with van der Waals surface area (Å²) in [7, 11) is 0. The molecule has 2 aromatic heterocycles. The second kappa shape index (κ2) is 3.59. The lowest BCUT2D eigenvalue weighted by atomic mass is 10.2. The van der Waals surface area contributed by atoms with Gasteiger partial charge >= 0.3 is 0 Å². The molecule has 5 heteroatoms. The van der Waals surface area contributed by atoms with Crippen LogP contribution in [0.5, 0.6) is 0 Å². The molecular weight excluding hydrogens is 219 g/mol. The van der Waals surface area contributed by atoms with Crippen LogP contribution in [0.15, 0.2) is 17.6 Å². The van der Waals surface area contributed by atoms with E-state index in [1.165, 1.54) is 0 Å². The van der Waals surface area contributed by atoms with Crippen LogP contribution < -0.4 is 0 Å². The molecule has 0 aliphatic carbocycles. The van der Waals surface area contributed by atoms with Crippen molar-refractivity contribution in [1.29, 1.82) is 0 Å². The van der Waals surface area contributed by atoms with E-state index in [1.54, 1.807) is 11.3 Å². The largest absolute Gasteiger partial charge is 0.328 e. The maximum absolute atomic E-state index is 13.4. The molecule has 2 nitrogen and oxygen atoms in total. The maximum Gasteiger partial charge on any atom is 0.197 e. The van der Waals surface area contributed by atoms with Crippen molar-refractivity contribution in [3.8, 4) is 11.3 Å². The molecule has 0 radical (unpaired) electrons. The van der Waals surface area contributed by atoms with Crippen molar-refractivity contribution in [1.82, 2.24) is 9.97 Å². The van der Waals surface area contributed by atoms with E-state index >= 15 is 0 Å². The Morgan fingerprint density at radius 2 is 2.36 bits per heavy atom. The van der Waals surface area contributed by atoms with Gasteiger partial charge < -0.3 is 4.98 Å². The van der Waals surface area contributed by atoms with E-state index in [1.807, 2.05) is 18.4 Å². The summed E-state index contributed by atoms with van der Waals surface area (Å²) in [6.45, 7) is 1.94. The minimum Gasteiger partial charge on any atom is -0.328 e. The van der Waals surface area contributed by atoms with Crippen molar-refractivity contribution in [2.24, 2.45) is 0 Å². The fraction of sp³-hybridized carbons (Fsp3) is 0.111. The Morgan fingerprint density at radius 1 is 1.57 bits per heavy atom. The molecule has 0 amide bonds. The van der Waals surface area contributed by atoms with Gasteiger partial charge in [-0.3, -0.25) is 0 Å². The molecule has 0 aliphatic heterocycles. The van der Waals surface area contributed by atoms with Crippen LogP contribution in [0.1, 0.15) is 4.88 Å². The van der Waals surface area contributed by atoms with E-state index in [2.05, 4.69) is 9.97 Å². The molecule has 2 heterocycles. The Hall–Kier alpha value is -1.07. The summed E-state index contributed by atoms with van der Waals surface area (Å²) in [6, 6.07) is 1.86. The Balaban J connectivity index is 2.68. The van der Waals surface area contributed by atoms with Gasteiger partial charge in [0.05, 0.1) is 11.9 Å². The molecule has 0 atom stereocenters. The van der Waals surface area contributed by atoms with E-state index in [9.17, 15) is 4.39 Å². The van der Waals surface area contributed by atoms with E-state index < -0.39 is 0 Å². The summed E-state index contributed by atoms with van der Waals surface area (Å²) in [5.41, 5.74) is 1.27. The van der Waals surface area contributed by atoms with Gasteiger partial charge in [0.2, 0.25) is 0 Å². The number of halogens is 1. The van der Waals surface area contributed by atoms with Gasteiger partial charge in [-0.25, -0.2) is 9.37 Å². The Morgan fingerprint density at radius 3 is 3.00 bits per heavy atom. The van der Waals surface area contributed by atoms with Crippen molar-refractivity contribution in [2.45, 2.75) is 6.92 Å². The fourth-order valence-corrected chi connectivity index (χ4v) is 2.08. The van der Waals surface area contributed by atoms with Crippen LogP contribution in [0.2, 0.25) is 0 Å². The second-order valence-corrected chi connectivity index (χ2v) is 4.31. The van der Waals surface area contributed by atoms with Gasteiger partial charge in [0.1, 0.15) is 0 Å². The van der Waals surface area contributed by atoms with Gasteiger partial charge in [-0.05, 0) is 30.6 Å². The number of aromatic amines is 1. The van der Waals surface area contributed by atoms with E-state index in [0.29, 0.717) is 10.5 Å². The molecule has 0 bridgehead atoms. The summed E-state index contributed by atoms with van der Waals surface area (Å²) in [4.78, 5) is 7.48. The number of rotatable bonds is 1. The molecule has 0 saturated heterocycles. The number of thiophene rings is 1. The lowest BCUT2D eigenvalue weighted by molar-refractivity contribution is 0.617. The average Bonchev–Trinajstić information content (AvgIpc) is 2.56. The standard InChI is InChI=1S/C9H7FN2S2/c1-5-6(2-3-14-5)8-7(10)4-11-9(13)12-8/h2-4H,1H3,(H,11,12,13). The number of aromatic nitrogens is 2. The highest BCUT2D eigenvalue weighted by molar-refractivity contribution is 7.71. The SMILES string of the molecule is Cc1sccc1-c1[nH]c(=S)ncc1F. The van der Waals surface area contributed by atoms with Gasteiger partial charge in [-0.15, -0.1) is 11.3 Å². The van der Waals surface area contributed by atoms with Crippen LogP contribution in [-0.4, -0.2) is 9.97 Å². The normalized spacial score (nSPS) is 10.4. The zero-order valence-electron chi connectivity index (χ0n) is 7.37. The average molecular weight is 226 g/mol. The predicted octanol–water partition coefficient (Wildman–Crippen LogP) is 3.32. The molecule has 2 rings (SSSR count). The molecule has 0 spiro atoms. The first-order valence-corrected chi connectivity index (χ1v) is 5.26. The molecular formula is C9H7FN2S2. The zero-order chi connectivity index (χ0) is 10.1. The van der Waals surface area contributed by atoms with Crippen LogP contribution in [-0.2, 0) is 0 Å². The Labute approximate surface area is 89.5 Å². The second-order valence-electron chi connectivity index (χ2n) is 2.80. The molecule has 1 N–H and O–H groups in total. The maximum atomic E-state index is 13.4. The smallest absolute Gasteiger partial charge is 0.197 e. The topological polar surface area (TPSA) is 28.7 Å². The highest BCUT2D eigenvalue weighted by Crippen LogP contribution is 2.27. The van der Waals surface area contributed by atoms with Crippen LogP contribution in [0.4, 0.5) is 4.39 Å². The van der Waals surface area contributed by atoms with Crippen molar-refractivity contribution in [2.75, 3.05) is 0 Å². The molecule has 2 aromatic rings. The first kappa shape index (κ1) is 9.48. The monoisotopic (exact) mass is 226 g/mol. The van der Waals surface area contributed by atoms with Crippen molar-refractivity contribution in [3.05, 3.63) is 33.1 Å². The summed E-state index contributed by atoms with van der Waals surface area (Å²) in [5.74, 6) is -0.375. The van der Waals surface area contributed by atoms with Crippen molar-refractivity contribution in [3.63, 3.8) is 0 Å². The minimum absolute atomic E-state index is 0.298. The van der Waals surface area contributed by atoms with E-state index in [4.69, 9.17) is 12.2 Å². The number of H-pyrrole nitrogens is 1. The van der Waals surface area contributed by atoms with Crippen LogP contribution >= 0.6 is 23.6 Å². The lowest BCUT2D eigenvalue weighted by Gasteiger charge is -2.01. The van der Waals surface area contributed by atoms with Gasteiger partial charge in [0.25, 0.3) is 0 Å². The lowest BCUT2D eigenvalue weighted by Crippen LogP contribution is -1.91. The number of nitrogens with one attached hydrogen (secondary N) is 1. The van der Waals surface area contributed by atoms with E-state index in [0.717, 1.165) is 16.6 Å². The zero-order valence-corrected chi connectivity index (χ0v) is 9.01. The predicted molar refractivity (Wildman–Crippen MR) is 57.4 cm³/mol. The summed E-state index contributed by atoms with van der Waals surface area (Å²) in [5, 5.41) is 1.92. The molecule has 72 valence electrons. The van der Waals surface area contributed by atoms with Gasteiger partial charge in [-0.2, -0.15) is 0 Å². The summed E-state index contributed by atoms with van der Waals surface area (Å²) < 4.78 is 13.7. The number of nitrogens with zero attached hydrogens (tertiary/aromatic N) is 1. The Kier molecular flexibility index (Phi) is 2.43. The van der Waals surface area contributed by atoms with Crippen LogP contribution in [0.3, 0.4) is 0 Å². The third-order valence-electron chi connectivity index (χ3n) is 1.89. The highest BCUT2D eigenvalue weighted by Gasteiger charge is 2.08. The van der Waals surface area contributed by atoms with Gasteiger partial charge in [-0.1, -0.05) is 0 Å². The van der Waals surface area contributed by atoms with Crippen molar-refractivity contribution >= 4 is 23.6 Å². The summed E-state index contributed by atoms with van der Waals surface area (Å²) in [6.07, 6.45) is 1.14. The number of hydrogen-bond acceptors (Lipinski definition) is 3. The number of aryl methyl sites for hydroxylation is 1. The minimum atomic E-state index is -0.375. The first-order valence-electron chi connectivity index (χ1n) is 3.98. The fourth-order valence-electron chi connectivity index (χ4n) is 1.22. The van der Waals surface area contributed by atoms with Gasteiger partial charge in [0, 0.05) is 10.4 Å². The number of hydrogen-bond donors (Lipinski definition) is 1.